The molecule has 0 fully saturated rings. The molecule has 2 aromatic heterocycles. The molecule has 2 heterocycles. The second-order valence-electron chi connectivity index (χ2n) is 5.34. The van der Waals surface area contributed by atoms with E-state index in [9.17, 15) is 0 Å². The van der Waals surface area contributed by atoms with Crippen LogP contribution in [0.5, 0.6) is 0 Å². The van der Waals surface area contributed by atoms with Crippen LogP contribution in [0.3, 0.4) is 0 Å². The lowest BCUT2D eigenvalue weighted by atomic mass is 9.96. The van der Waals surface area contributed by atoms with E-state index in [0.717, 1.165) is 28.2 Å². The summed E-state index contributed by atoms with van der Waals surface area (Å²) >= 11 is 1.49. The SMILES string of the molecule is CCNc1cc(Sc2cnccn2)nc(C(C)(C)C)n1. The molecule has 1 N–H and O–H groups in total. The second kappa shape index (κ2) is 6.17. The molecule has 0 amide bonds. The third kappa shape index (κ3) is 3.90. The fourth-order valence-electron chi connectivity index (χ4n) is 1.53. The fraction of sp³-hybridized carbons (Fsp3) is 0.429. The van der Waals surface area contributed by atoms with Crippen LogP contribution in [0, 0.1) is 0 Å². The first-order chi connectivity index (χ1) is 9.49. The summed E-state index contributed by atoms with van der Waals surface area (Å²) in [7, 11) is 0. The standard InChI is InChI=1S/C14H19N5S/c1-5-16-10-8-11(19-13(18-10)14(2,3)4)20-12-9-15-6-7-17-12/h6-9H,5H2,1-4H3,(H,16,18,19). The zero-order valence-corrected chi connectivity index (χ0v) is 13.0. The van der Waals surface area contributed by atoms with Crippen molar-refractivity contribution in [3.8, 4) is 0 Å². The molecule has 0 spiro atoms. The molecule has 0 unspecified atom stereocenters. The minimum Gasteiger partial charge on any atom is -0.370 e. The maximum atomic E-state index is 4.63. The lowest BCUT2D eigenvalue weighted by Gasteiger charge is -2.18. The summed E-state index contributed by atoms with van der Waals surface area (Å²) in [6, 6.07) is 1.94. The Hall–Kier alpha value is -1.69. The Labute approximate surface area is 123 Å². The molecular weight excluding hydrogens is 270 g/mol. The molecule has 20 heavy (non-hydrogen) atoms. The summed E-state index contributed by atoms with van der Waals surface area (Å²) in [5.74, 6) is 1.67. The maximum absolute atomic E-state index is 4.63. The average molecular weight is 289 g/mol. The normalized spacial score (nSPS) is 11.4. The van der Waals surface area contributed by atoms with Gasteiger partial charge in [-0.05, 0) is 18.7 Å². The first kappa shape index (κ1) is 14.7. The minimum absolute atomic E-state index is 0.0941. The Morgan fingerprint density at radius 2 is 1.95 bits per heavy atom. The molecule has 0 saturated heterocycles. The van der Waals surface area contributed by atoms with Crippen LogP contribution in [-0.4, -0.2) is 26.5 Å². The van der Waals surface area contributed by atoms with Gasteiger partial charge in [-0.1, -0.05) is 20.8 Å². The molecule has 0 aliphatic carbocycles. The van der Waals surface area contributed by atoms with E-state index < -0.39 is 0 Å². The molecule has 0 aliphatic rings. The molecule has 0 aromatic carbocycles. The molecular formula is C14H19N5S. The fourth-order valence-corrected chi connectivity index (χ4v) is 2.27. The molecule has 2 rings (SSSR count). The van der Waals surface area contributed by atoms with Crippen LogP contribution in [0.2, 0.25) is 0 Å². The van der Waals surface area contributed by atoms with Crippen LogP contribution >= 0.6 is 11.8 Å². The highest BCUT2D eigenvalue weighted by Gasteiger charge is 2.19. The quantitative estimate of drug-likeness (QED) is 0.872. The third-order valence-corrected chi connectivity index (χ3v) is 3.32. The van der Waals surface area contributed by atoms with Crippen molar-refractivity contribution in [2.24, 2.45) is 0 Å². The van der Waals surface area contributed by atoms with Crippen LogP contribution in [0.25, 0.3) is 0 Å². The van der Waals surface area contributed by atoms with Crippen molar-refractivity contribution in [3.63, 3.8) is 0 Å². The van der Waals surface area contributed by atoms with E-state index in [2.05, 4.69) is 46.0 Å². The monoisotopic (exact) mass is 289 g/mol. The molecule has 5 nitrogen and oxygen atoms in total. The van der Waals surface area contributed by atoms with Gasteiger partial charge in [-0.25, -0.2) is 15.0 Å². The lowest BCUT2D eigenvalue weighted by molar-refractivity contribution is 0.539. The maximum Gasteiger partial charge on any atom is 0.137 e. The molecule has 0 bridgehead atoms. The smallest absolute Gasteiger partial charge is 0.137 e. The highest BCUT2D eigenvalue weighted by Crippen LogP contribution is 2.28. The van der Waals surface area contributed by atoms with Gasteiger partial charge >= 0.3 is 0 Å². The molecule has 0 saturated carbocycles. The Morgan fingerprint density at radius 3 is 2.55 bits per heavy atom. The van der Waals surface area contributed by atoms with Crippen LogP contribution in [0.1, 0.15) is 33.5 Å². The number of aromatic nitrogens is 4. The van der Waals surface area contributed by atoms with Gasteiger partial charge in [0, 0.05) is 30.4 Å². The van der Waals surface area contributed by atoms with E-state index in [4.69, 9.17) is 0 Å². The number of anilines is 1. The van der Waals surface area contributed by atoms with Crippen LogP contribution in [-0.2, 0) is 5.41 Å². The Morgan fingerprint density at radius 1 is 1.15 bits per heavy atom. The van der Waals surface area contributed by atoms with Gasteiger partial charge in [0.05, 0.1) is 6.20 Å². The molecule has 0 radical (unpaired) electrons. The van der Waals surface area contributed by atoms with Crippen molar-refractivity contribution in [1.29, 1.82) is 0 Å². The number of nitrogens with one attached hydrogen (secondary N) is 1. The number of hydrogen-bond acceptors (Lipinski definition) is 6. The summed E-state index contributed by atoms with van der Waals surface area (Å²) in [5.41, 5.74) is -0.0941. The van der Waals surface area contributed by atoms with Gasteiger partial charge in [0.15, 0.2) is 0 Å². The van der Waals surface area contributed by atoms with Gasteiger partial charge in [0.2, 0.25) is 0 Å². The molecule has 2 aromatic rings. The van der Waals surface area contributed by atoms with Gasteiger partial charge in [0.1, 0.15) is 21.7 Å². The average Bonchev–Trinajstić information content (AvgIpc) is 2.39. The molecule has 106 valence electrons. The van der Waals surface area contributed by atoms with Gasteiger partial charge in [-0.3, -0.25) is 4.98 Å². The summed E-state index contributed by atoms with van der Waals surface area (Å²) < 4.78 is 0. The van der Waals surface area contributed by atoms with Crippen molar-refractivity contribution < 1.29 is 0 Å². The van der Waals surface area contributed by atoms with E-state index in [1.807, 2.05) is 13.0 Å². The zero-order valence-electron chi connectivity index (χ0n) is 12.2. The van der Waals surface area contributed by atoms with E-state index >= 15 is 0 Å². The second-order valence-corrected chi connectivity index (χ2v) is 6.38. The topological polar surface area (TPSA) is 63.6 Å². The zero-order chi connectivity index (χ0) is 14.6. The highest BCUT2D eigenvalue weighted by molar-refractivity contribution is 7.99. The summed E-state index contributed by atoms with van der Waals surface area (Å²) in [4.78, 5) is 17.5. The van der Waals surface area contributed by atoms with E-state index in [-0.39, 0.29) is 5.41 Å². The minimum atomic E-state index is -0.0941. The lowest BCUT2D eigenvalue weighted by Crippen LogP contribution is -2.17. The Kier molecular flexibility index (Phi) is 4.54. The van der Waals surface area contributed by atoms with Crippen molar-refractivity contribution in [2.45, 2.75) is 43.2 Å². The van der Waals surface area contributed by atoms with E-state index in [0.29, 0.717) is 0 Å². The summed E-state index contributed by atoms with van der Waals surface area (Å²) in [6.45, 7) is 9.20. The first-order valence-electron chi connectivity index (χ1n) is 6.56. The van der Waals surface area contributed by atoms with Gasteiger partial charge in [-0.2, -0.15) is 0 Å². The van der Waals surface area contributed by atoms with Crippen molar-refractivity contribution in [2.75, 3.05) is 11.9 Å². The largest absolute Gasteiger partial charge is 0.370 e. The highest BCUT2D eigenvalue weighted by atomic mass is 32.2. The molecule has 0 aliphatic heterocycles. The summed E-state index contributed by atoms with van der Waals surface area (Å²) in [5, 5.41) is 4.95. The first-order valence-corrected chi connectivity index (χ1v) is 7.38. The third-order valence-electron chi connectivity index (χ3n) is 2.48. The Bertz CT molecular complexity index is 566. The number of nitrogens with zero attached hydrogens (tertiary/aromatic N) is 4. The number of rotatable bonds is 4. The van der Waals surface area contributed by atoms with Gasteiger partial charge in [-0.15, -0.1) is 0 Å². The van der Waals surface area contributed by atoms with E-state index in [1.165, 1.54) is 11.8 Å². The molecule has 6 heteroatoms. The van der Waals surface area contributed by atoms with Gasteiger partial charge < -0.3 is 5.32 Å². The van der Waals surface area contributed by atoms with Crippen LogP contribution in [0.15, 0.2) is 34.7 Å². The number of hydrogen-bond donors (Lipinski definition) is 1. The molecule has 0 atom stereocenters. The summed E-state index contributed by atoms with van der Waals surface area (Å²) in [6.07, 6.45) is 5.07. The predicted molar refractivity (Wildman–Crippen MR) is 81.1 cm³/mol. The van der Waals surface area contributed by atoms with E-state index in [1.54, 1.807) is 18.6 Å². The van der Waals surface area contributed by atoms with Crippen LogP contribution in [0.4, 0.5) is 5.82 Å². The van der Waals surface area contributed by atoms with Crippen molar-refractivity contribution >= 4 is 17.6 Å². The van der Waals surface area contributed by atoms with Gasteiger partial charge in [0.25, 0.3) is 0 Å². The van der Waals surface area contributed by atoms with Crippen LogP contribution < -0.4 is 5.32 Å². The predicted octanol–water partition coefficient (Wildman–Crippen LogP) is 3.15. The van der Waals surface area contributed by atoms with Crippen molar-refractivity contribution in [3.05, 3.63) is 30.5 Å². The van der Waals surface area contributed by atoms with Crippen molar-refractivity contribution in [1.82, 2.24) is 19.9 Å². The Balaban J connectivity index is 2.34.